The Morgan fingerprint density at radius 1 is 1.30 bits per heavy atom. The lowest BCUT2D eigenvalue weighted by atomic mass is 9.92. The standard InChI is InChI=1S/C13H17ClFNO3S/c1-13(2,3)4-5-16-12(17)9-6-10(15)8-11(7-9)20(14,18)19/h6-8H,4-5H2,1-3H3,(H,16,17). The van der Waals surface area contributed by atoms with E-state index in [1.54, 1.807) is 0 Å². The molecule has 0 radical (unpaired) electrons. The quantitative estimate of drug-likeness (QED) is 0.867. The van der Waals surface area contributed by atoms with E-state index in [1.807, 2.05) is 20.8 Å². The van der Waals surface area contributed by atoms with Crippen molar-refractivity contribution in [2.75, 3.05) is 6.54 Å². The van der Waals surface area contributed by atoms with Crippen molar-refractivity contribution < 1.29 is 17.6 Å². The summed E-state index contributed by atoms with van der Waals surface area (Å²) in [6.45, 7) is 6.50. The average Bonchev–Trinajstić information content (AvgIpc) is 2.25. The molecule has 0 aliphatic rings. The second-order valence-electron chi connectivity index (χ2n) is 5.68. The van der Waals surface area contributed by atoms with Gasteiger partial charge in [-0.15, -0.1) is 0 Å². The third kappa shape index (κ3) is 5.46. The minimum absolute atomic E-state index is 0.0554. The van der Waals surface area contributed by atoms with Gasteiger partial charge in [0.15, 0.2) is 0 Å². The molecule has 0 saturated heterocycles. The highest BCUT2D eigenvalue weighted by Gasteiger charge is 2.16. The van der Waals surface area contributed by atoms with Crippen molar-refractivity contribution in [3.8, 4) is 0 Å². The molecule has 1 aromatic rings. The Morgan fingerprint density at radius 3 is 2.40 bits per heavy atom. The third-order valence-electron chi connectivity index (χ3n) is 2.58. The van der Waals surface area contributed by atoms with Crippen molar-refractivity contribution in [3.63, 3.8) is 0 Å². The van der Waals surface area contributed by atoms with Gasteiger partial charge in [-0.25, -0.2) is 12.8 Å². The number of hydrogen-bond acceptors (Lipinski definition) is 3. The molecule has 1 N–H and O–H groups in total. The molecule has 1 aromatic carbocycles. The van der Waals surface area contributed by atoms with Gasteiger partial charge in [0.1, 0.15) is 5.82 Å². The lowest BCUT2D eigenvalue weighted by Gasteiger charge is -2.18. The Balaban J connectivity index is 2.86. The fourth-order valence-electron chi connectivity index (χ4n) is 1.49. The van der Waals surface area contributed by atoms with Gasteiger partial charge in [0.2, 0.25) is 0 Å². The van der Waals surface area contributed by atoms with Gasteiger partial charge >= 0.3 is 0 Å². The van der Waals surface area contributed by atoms with E-state index in [-0.39, 0.29) is 11.0 Å². The summed E-state index contributed by atoms with van der Waals surface area (Å²) >= 11 is 0. The van der Waals surface area contributed by atoms with Gasteiger partial charge in [0.05, 0.1) is 4.90 Å². The molecule has 0 saturated carbocycles. The van der Waals surface area contributed by atoms with Crippen molar-refractivity contribution in [1.82, 2.24) is 5.32 Å². The van der Waals surface area contributed by atoms with E-state index in [9.17, 15) is 17.6 Å². The minimum Gasteiger partial charge on any atom is -0.352 e. The molecule has 20 heavy (non-hydrogen) atoms. The van der Waals surface area contributed by atoms with E-state index in [2.05, 4.69) is 5.32 Å². The summed E-state index contributed by atoms with van der Waals surface area (Å²) in [7, 11) is 1.07. The summed E-state index contributed by atoms with van der Waals surface area (Å²) in [6.07, 6.45) is 0.745. The van der Waals surface area contributed by atoms with Crippen LogP contribution in [0.25, 0.3) is 0 Å². The van der Waals surface area contributed by atoms with Crippen LogP contribution in [-0.4, -0.2) is 20.9 Å². The summed E-state index contributed by atoms with van der Waals surface area (Å²) < 4.78 is 35.7. The second-order valence-corrected chi connectivity index (χ2v) is 8.25. The molecule has 1 amide bonds. The number of rotatable bonds is 4. The molecule has 0 aliphatic carbocycles. The van der Waals surface area contributed by atoms with Gasteiger partial charge in [-0.05, 0) is 30.0 Å². The van der Waals surface area contributed by atoms with Gasteiger partial charge in [0, 0.05) is 22.8 Å². The topological polar surface area (TPSA) is 63.2 Å². The smallest absolute Gasteiger partial charge is 0.261 e. The molecule has 0 aromatic heterocycles. The molecule has 0 fully saturated rings. The first-order valence-electron chi connectivity index (χ1n) is 6.02. The van der Waals surface area contributed by atoms with E-state index in [0.29, 0.717) is 6.54 Å². The molecule has 0 aliphatic heterocycles. The monoisotopic (exact) mass is 321 g/mol. The van der Waals surface area contributed by atoms with Gasteiger partial charge < -0.3 is 5.32 Å². The van der Waals surface area contributed by atoms with E-state index in [1.165, 1.54) is 0 Å². The predicted octanol–water partition coefficient (Wildman–Crippen LogP) is 2.92. The van der Waals surface area contributed by atoms with Crippen molar-refractivity contribution in [1.29, 1.82) is 0 Å². The summed E-state index contributed by atoms with van der Waals surface area (Å²) in [4.78, 5) is 11.4. The van der Waals surface area contributed by atoms with E-state index in [4.69, 9.17) is 10.7 Å². The van der Waals surface area contributed by atoms with Crippen LogP contribution < -0.4 is 5.32 Å². The Hall–Kier alpha value is -1.14. The third-order valence-corrected chi connectivity index (χ3v) is 3.91. The van der Waals surface area contributed by atoms with Crippen LogP contribution in [0.2, 0.25) is 0 Å². The SMILES string of the molecule is CC(C)(C)CCNC(=O)c1cc(F)cc(S(=O)(=O)Cl)c1. The molecule has 0 bridgehead atoms. The van der Waals surface area contributed by atoms with Crippen molar-refractivity contribution in [2.24, 2.45) is 5.41 Å². The Morgan fingerprint density at radius 2 is 1.90 bits per heavy atom. The fourth-order valence-corrected chi connectivity index (χ4v) is 2.28. The van der Waals surface area contributed by atoms with Crippen LogP contribution in [0.3, 0.4) is 0 Å². The number of carbonyl (C=O) groups excluding carboxylic acids is 1. The van der Waals surface area contributed by atoms with Crippen LogP contribution >= 0.6 is 10.7 Å². The van der Waals surface area contributed by atoms with Crippen LogP contribution in [0.15, 0.2) is 23.1 Å². The Bertz CT molecular complexity index is 609. The molecule has 7 heteroatoms. The Labute approximate surface area is 122 Å². The van der Waals surface area contributed by atoms with Gasteiger partial charge in [-0.1, -0.05) is 20.8 Å². The molecular weight excluding hydrogens is 305 g/mol. The molecule has 0 atom stereocenters. The lowest BCUT2D eigenvalue weighted by molar-refractivity contribution is 0.0949. The zero-order chi connectivity index (χ0) is 15.6. The number of halogens is 2. The van der Waals surface area contributed by atoms with Gasteiger partial charge in [-0.2, -0.15) is 0 Å². The summed E-state index contributed by atoms with van der Waals surface area (Å²) in [5.41, 5.74) is -0.0158. The van der Waals surface area contributed by atoms with Crippen LogP contribution in [0.5, 0.6) is 0 Å². The van der Waals surface area contributed by atoms with Crippen LogP contribution in [0.4, 0.5) is 4.39 Å². The minimum atomic E-state index is -4.07. The predicted molar refractivity (Wildman–Crippen MR) is 75.8 cm³/mol. The summed E-state index contributed by atoms with van der Waals surface area (Å²) in [5, 5.41) is 2.62. The molecule has 112 valence electrons. The maximum Gasteiger partial charge on any atom is 0.261 e. The number of benzene rings is 1. The maximum atomic E-state index is 13.3. The molecule has 1 rings (SSSR count). The average molecular weight is 322 g/mol. The number of nitrogens with one attached hydrogen (secondary N) is 1. The normalized spacial score (nSPS) is 12.2. The first-order chi connectivity index (χ1) is 8.99. The molecule has 0 spiro atoms. The van der Waals surface area contributed by atoms with Crippen molar-refractivity contribution >= 4 is 25.6 Å². The first-order valence-corrected chi connectivity index (χ1v) is 8.33. The summed E-state index contributed by atoms with van der Waals surface area (Å²) in [6, 6.07) is 2.80. The maximum absolute atomic E-state index is 13.3. The highest BCUT2D eigenvalue weighted by molar-refractivity contribution is 8.13. The van der Waals surface area contributed by atoms with E-state index < -0.39 is 25.7 Å². The van der Waals surface area contributed by atoms with Crippen molar-refractivity contribution in [2.45, 2.75) is 32.1 Å². The molecule has 4 nitrogen and oxygen atoms in total. The highest BCUT2D eigenvalue weighted by atomic mass is 35.7. The molecule has 0 unspecified atom stereocenters. The zero-order valence-electron chi connectivity index (χ0n) is 11.5. The lowest BCUT2D eigenvalue weighted by Crippen LogP contribution is -2.27. The first kappa shape index (κ1) is 16.9. The van der Waals surface area contributed by atoms with E-state index in [0.717, 1.165) is 24.6 Å². The fraction of sp³-hybridized carbons (Fsp3) is 0.462. The van der Waals surface area contributed by atoms with Gasteiger partial charge in [0.25, 0.3) is 15.0 Å². The molecule has 0 heterocycles. The second kappa shape index (κ2) is 6.10. The largest absolute Gasteiger partial charge is 0.352 e. The number of amides is 1. The van der Waals surface area contributed by atoms with Crippen molar-refractivity contribution in [3.05, 3.63) is 29.6 Å². The van der Waals surface area contributed by atoms with Crippen LogP contribution in [-0.2, 0) is 9.05 Å². The molecular formula is C13H17ClFNO3S. The van der Waals surface area contributed by atoms with Gasteiger partial charge in [-0.3, -0.25) is 4.79 Å². The zero-order valence-corrected chi connectivity index (χ0v) is 13.1. The van der Waals surface area contributed by atoms with Crippen LogP contribution in [0.1, 0.15) is 37.6 Å². The summed E-state index contributed by atoms with van der Waals surface area (Å²) in [5.74, 6) is -1.36. The van der Waals surface area contributed by atoms with Crippen LogP contribution in [0, 0.1) is 11.2 Å². The number of hydrogen-bond donors (Lipinski definition) is 1. The highest BCUT2D eigenvalue weighted by Crippen LogP contribution is 2.19. The van der Waals surface area contributed by atoms with E-state index >= 15 is 0 Å². The number of carbonyl (C=O) groups is 1. The Kier molecular flexibility index (Phi) is 5.15.